The molecule has 0 radical (unpaired) electrons. The molecule has 2 N–H and O–H groups in total. The van der Waals surface area contributed by atoms with E-state index in [4.69, 9.17) is 11.6 Å². The minimum atomic E-state index is -4.89. The molecule has 1 aromatic heterocycles. The van der Waals surface area contributed by atoms with Gasteiger partial charge in [0, 0.05) is 30.2 Å². The van der Waals surface area contributed by atoms with Crippen LogP contribution in [0.2, 0.25) is 0 Å². The number of amides is 2. The van der Waals surface area contributed by atoms with Gasteiger partial charge in [0.25, 0.3) is 0 Å². The second-order valence-electron chi connectivity index (χ2n) is 8.82. The summed E-state index contributed by atoms with van der Waals surface area (Å²) >= 11 is 6.10. The highest BCUT2D eigenvalue weighted by Crippen LogP contribution is 2.27. The van der Waals surface area contributed by atoms with Gasteiger partial charge >= 0.3 is 6.18 Å². The standard InChI is InChI=1S/C23H25ClF3N5O4S/c1-14-7-8-17(30-21(34)15(2)32-20(33)12-22(3,24)13-29-32)10-18(14)37(35,36)31-19(23(25,26)27)11-16-6-4-5-9-28-16/h4-10,13,15,19,31H,11-12H2,1-3H3,(H,30,34)/t15-,19-,22?/m1/s1. The summed E-state index contributed by atoms with van der Waals surface area (Å²) in [5.41, 5.74) is 0.227. The number of hydrogen-bond donors (Lipinski definition) is 2. The third-order valence-corrected chi connectivity index (χ3v) is 7.37. The molecule has 1 aliphatic heterocycles. The summed E-state index contributed by atoms with van der Waals surface area (Å²) in [6, 6.07) is 4.68. The summed E-state index contributed by atoms with van der Waals surface area (Å²) in [7, 11) is -4.67. The number of rotatable bonds is 8. The molecule has 1 aromatic carbocycles. The Morgan fingerprint density at radius 2 is 1.97 bits per heavy atom. The number of hydrazone groups is 1. The molecule has 3 rings (SSSR count). The quantitative estimate of drug-likeness (QED) is 0.480. The van der Waals surface area contributed by atoms with Gasteiger partial charge in [-0.1, -0.05) is 12.1 Å². The number of hydrogen-bond acceptors (Lipinski definition) is 6. The van der Waals surface area contributed by atoms with Crippen molar-refractivity contribution in [2.45, 2.75) is 61.6 Å². The lowest BCUT2D eigenvalue weighted by Crippen LogP contribution is -2.47. The van der Waals surface area contributed by atoms with Crippen LogP contribution in [-0.2, 0) is 26.0 Å². The van der Waals surface area contributed by atoms with Crippen molar-refractivity contribution in [3.05, 3.63) is 53.9 Å². The molecule has 2 amide bonds. The zero-order valence-corrected chi connectivity index (χ0v) is 21.7. The average molecular weight is 560 g/mol. The second-order valence-corrected chi connectivity index (χ2v) is 11.4. The molecule has 3 atom stereocenters. The Morgan fingerprint density at radius 3 is 2.57 bits per heavy atom. The molecule has 1 unspecified atom stereocenters. The summed E-state index contributed by atoms with van der Waals surface area (Å²) in [4.78, 5) is 27.5. The average Bonchev–Trinajstić information content (AvgIpc) is 2.79. The van der Waals surface area contributed by atoms with Crippen LogP contribution < -0.4 is 10.0 Å². The van der Waals surface area contributed by atoms with Crippen LogP contribution in [0.3, 0.4) is 0 Å². The van der Waals surface area contributed by atoms with Gasteiger partial charge in [-0.15, -0.1) is 11.6 Å². The number of carbonyl (C=O) groups is 2. The van der Waals surface area contributed by atoms with E-state index in [0.717, 1.165) is 11.1 Å². The van der Waals surface area contributed by atoms with Gasteiger partial charge in [0.15, 0.2) is 0 Å². The number of anilines is 1. The lowest BCUT2D eigenvalue weighted by atomic mass is 10.1. The number of nitrogens with zero attached hydrogens (tertiary/aromatic N) is 3. The summed E-state index contributed by atoms with van der Waals surface area (Å²) in [6.45, 7) is 4.43. The summed E-state index contributed by atoms with van der Waals surface area (Å²) in [6.07, 6.45) is -3.02. The van der Waals surface area contributed by atoms with Gasteiger partial charge in [0.1, 0.15) is 12.1 Å². The van der Waals surface area contributed by atoms with Crippen LogP contribution in [0.5, 0.6) is 0 Å². The van der Waals surface area contributed by atoms with Crippen LogP contribution in [0.25, 0.3) is 0 Å². The summed E-state index contributed by atoms with van der Waals surface area (Å²) in [5, 5.41) is 7.37. The molecule has 1 aliphatic rings. The lowest BCUT2D eigenvalue weighted by Gasteiger charge is -2.30. The van der Waals surface area contributed by atoms with Crippen LogP contribution in [0, 0.1) is 6.92 Å². The number of aromatic nitrogens is 1. The van der Waals surface area contributed by atoms with E-state index in [1.54, 1.807) is 11.6 Å². The van der Waals surface area contributed by atoms with E-state index < -0.39 is 56.3 Å². The predicted molar refractivity (Wildman–Crippen MR) is 132 cm³/mol. The van der Waals surface area contributed by atoms with E-state index in [2.05, 4.69) is 15.4 Å². The predicted octanol–water partition coefficient (Wildman–Crippen LogP) is 3.38. The molecule has 14 heteroatoms. The van der Waals surface area contributed by atoms with Crippen molar-refractivity contribution >= 4 is 45.3 Å². The Morgan fingerprint density at radius 1 is 1.27 bits per heavy atom. The minimum Gasteiger partial charge on any atom is -0.324 e. The van der Waals surface area contributed by atoms with Crippen molar-refractivity contribution < 1.29 is 31.2 Å². The van der Waals surface area contributed by atoms with E-state index in [9.17, 15) is 31.2 Å². The molecule has 9 nitrogen and oxygen atoms in total. The third kappa shape index (κ3) is 7.27. The molecular weight excluding hydrogens is 535 g/mol. The topological polar surface area (TPSA) is 121 Å². The van der Waals surface area contributed by atoms with Crippen molar-refractivity contribution in [2.24, 2.45) is 5.10 Å². The SMILES string of the molecule is Cc1ccc(NC(=O)[C@@H](C)N2N=CC(C)(Cl)CC2=O)cc1S(=O)(=O)N[C@H](Cc1ccccn1)C(F)(F)F. The maximum Gasteiger partial charge on any atom is 0.405 e. The number of alkyl halides is 4. The maximum atomic E-state index is 13.7. The molecular formula is C23H25ClF3N5O4S. The van der Waals surface area contributed by atoms with E-state index in [0.29, 0.717) is 0 Å². The van der Waals surface area contributed by atoms with Gasteiger partial charge in [0.2, 0.25) is 21.8 Å². The molecule has 200 valence electrons. The van der Waals surface area contributed by atoms with Gasteiger partial charge in [-0.05, 0) is 50.6 Å². The van der Waals surface area contributed by atoms with E-state index in [1.807, 2.05) is 0 Å². The lowest BCUT2D eigenvalue weighted by molar-refractivity contribution is -0.151. The largest absolute Gasteiger partial charge is 0.405 e. The molecule has 0 spiro atoms. The van der Waals surface area contributed by atoms with Crippen molar-refractivity contribution in [2.75, 3.05) is 5.32 Å². The zero-order chi connectivity index (χ0) is 27.6. The first kappa shape index (κ1) is 28.5. The normalized spacial score (nSPS) is 20.0. The Labute approximate surface area is 217 Å². The fraction of sp³-hybridized carbons (Fsp3) is 0.391. The Kier molecular flexibility index (Phi) is 8.30. The number of aryl methyl sites for hydroxylation is 1. The van der Waals surface area contributed by atoms with Crippen LogP contribution >= 0.6 is 11.6 Å². The first-order valence-electron chi connectivity index (χ1n) is 11.1. The van der Waals surface area contributed by atoms with Crippen molar-refractivity contribution in [3.8, 4) is 0 Å². The first-order chi connectivity index (χ1) is 17.1. The fourth-order valence-electron chi connectivity index (χ4n) is 3.51. The summed E-state index contributed by atoms with van der Waals surface area (Å²) < 4.78 is 68.8. The highest BCUT2D eigenvalue weighted by molar-refractivity contribution is 7.89. The van der Waals surface area contributed by atoms with E-state index in [1.165, 1.54) is 56.6 Å². The van der Waals surface area contributed by atoms with E-state index >= 15 is 0 Å². The Balaban J connectivity index is 1.81. The second kappa shape index (κ2) is 10.8. The molecule has 0 saturated carbocycles. The number of sulfonamides is 1. The van der Waals surface area contributed by atoms with Gasteiger partial charge in [-0.25, -0.2) is 13.4 Å². The Bertz CT molecular complexity index is 1300. The number of pyridine rings is 1. The number of carbonyl (C=O) groups excluding carboxylic acids is 2. The van der Waals surface area contributed by atoms with Crippen molar-refractivity contribution in [1.82, 2.24) is 14.7 Å². The Hall–Kier alpha value is -3.03. The summed E-state index contributed by atoms with van der Waals surface area (Å²) in [5.74, 6) is -1.17. The van der Waals surface area contributed by atoms with E-state index in [-0.39, 0.29) is 23.4 Å². The first-order valence-corrected chi connectivity index (χ1v) is 12.9. The monoisotopic (exact) mass is 559 g/mol. The van der Waals surface area contributed by atoms with Gasteiger partial charge in [-0.2, -0.15) is 23.0 Å². The van der Waals surface area contributed by atoms with Crippen LogP contribution in [0.1, 0.15) is 31.5 Å². The molecule has 0 fully saturated rings. The van der Waals surface area contributed by atoms with Gasteiger partial charge in [-0.3, -0.25) is 14.6 Å². The molecule has 2 heterocycles. The van der Waals surface area contributed by atoms with Gasteiger partial charge in [0.05, 0.1) is 16.2 Å². The highest BCUT2D eigenvalue weighted by atomic mass is 35.5. The number of nitrogens with one attached hydrogen (secondary N) is 2. The molecule has 37 heavy (non-hydrogen) atoms. The van der Waals surface area contributed by atoms with Crippen molar-refractivity contribution in [3.63, 3.8) is 0 Å². The number of benzene rings is 1. The molecule has 0 bridgehead atoms. The van der Waals surface area contributed by atoms with Crippen LogP contribution in [0.4, 0.5) is 18.9 Å². The molecule has 0 aliphatic carbocycles. The van der Waals surface area contributed by atoms with Crippen LogP contribution in [-0.4, -0.2) is 59.6 Å². The molecule has 0 saturated heterocycles. The smallest absolute Gasteiger partial charge is 0.324 e. The fourth-order valence-corrected chi connectivity index (χ4v) is 5.16. The number of halogens is 4. The maximum absolute atomic E-state index is 13.7. The van der Waals surface area contributed by atoms with Crippen LogP contribution in [0.15, 0.2) is 52.6 Å². The zero-order valence-electron chi connectivity index (χ0n) is 20.1. The minimum absolute atomic E-state index is 0.00623. The molecule has 2 aromatic rings. The van der Waals surface area contributed by atoms with Gasteiger partial charge < -0.3 is 5.32 Å². The third-order valence-electron chi connectivity index (χ3n) is 5.53. The highest BCUT2D eigenvalue weighted by Gasteiger charge is 2.43. The van der Waals surface area contributed by atoms with Crippen molar-refractivity contribution in [1.29, 1.82) is 0 Å².